The third kappa shape index (κ3) is 4.70. The zero-order chi connectivity index (χ0) is 23.4. The van der Waals surface area contributed by atoms with Crippen LogP contribution in [0.3, 0.4) is 0 Å². The fourth-order valence-corrected chi connectivity index (χ4v) is 3.24. The number of nitro benzene ring substituents is 1. The van der Waals surface area contributed by atoms with Gasteiger partial charge in [-0.05, 0) is 37.3 Å². The van der Waals surface area contributed by atoms with E-state index in [0.717, 1.165) is 0 Å². The molecule has 0 aliphatic carbocycles. The molecule has 0 aliphatic rings. The minimum absolute atomic E-state index is 0.0983. The van der Waals surface area contributed by atoms with E-state index in [1.54, 1.807) is 55.4 Å². The highest BCUT2D eigenvalue weighted by Gasteiger charge is 2.23. The first-order valence-corrected chi connectivity index (χ1v) is 9.71. The lowest BCUT2D eigenvalue weighted by atomic mass is 9.97. The second-order valence-corrected chi connectivity index (χ2v) is 7.32. The molecule has 3 rings (SSSR count). The van der Waals surface area contributed by atoms with Gasteiger partial charge < -0.3 is 10.2 Å². The van der Waals surface area contributed by atoms with Crippen LogP contribution >= 0.6 is 0 Å². The van der Waals surface area contributed by atoms with E-state index >= 15 is 0 Å². The number of benzene rings is 3. The van der Waals surface area contributed by atoms with Crippen molar-refractivity contribution >= 4 is 34.5 Å². The zero-order valence-electron chi connectivity index (χ0n) is 17.8. The smallest absolute Gasteiger partial charge is 0.293 e. The van der Waals surface area contributed by atoms with E-state index in [1.165, 1.54) is 37.3 Å². The summed E-state index contributed by atoms with van der Waals surface area (Å²) < 4.78 is 0. The van der Waals surface area contributed by atoms with Crippen LogP contribution < -0.4 is 10.2 Å². The molecule has 0 unspecified atom stereocenters. The number of nitrogens with zero attached hydrogens (tertiary/aromatic N) is 2. The van der Waals surface area contributed by atoms with Gasteiger partial charge >= 0.3 is 0 Å². The maximum atomic E-state index is 13.2. The summed E-state index contributed by atoms with van der Waals surface area (Å²) in [6.45, 7) is 1.43. The fraction of sp³-hybridized carbons (Fsp3) is 0.125. The normalized spacial score (nSPS) is 10.3. The van der Waals surface area contributed by atoms with Gasteiger partial charge in [0.15, 0.2) is 11.6 Å². The van der Waals surface area contributed by atoms with Gasteiger partial charge in [0.1, 0.15) is 5.69 Å². The first-order valence-electron chi connectivity index (χ1n) is 9.71. The first-order chi connectivity index (χ1) is 15.2. The number of anilines is 2. The molecule has 0 bridgehead atoms. The van der Waals surface area contributed by atoms with Gasteiger partial charge in [-0.2, -0.15) is 0 Å². The van der Waals surface area contributed by atoms with E-state index in [9.17, 15) is 24.5 Å². The Labute approximate surface area is 184 Å². The number of amides is 1. The molecule has 0 spiro atoms. The van der Waals surface area contributed by atoms with Gasteiger partial charge in [-0.25, -0.2) is 0 Å². The Morgan fingerprint density at radius 1 is 0.875 bits per heavy atom. The van der Waals surface area contributed by atoms with E-state index in [-0.39, 0.29) is 28.2 Å². The topological polar surface area (TPSA) is 110 Å². The van der Waals surface area contributed by atoms with E-state index < -0.39 is 16.6 Å². The molecule has 1 amide bonds. The predicted octanol–water partition coefficient (Wildman–Crippen LogP) is 4.35. The van der Waals surface area contributed by atoms with Crippen molar-refractivity contribution in [1.29, 1.82) is 0 Å². The molecule has 1 N–H and O–H groups in total. The van der Waals surface area contributed by atoms with Gasteiger partial charge in [0.25, 0.3) is 11.6 Å². The van der Waals surface area contributed by atoms with E-state index in [2.05, 4.69) is 5.32 Å². The zero-order valence-corrected chi connectivity index (χ0v) is 17.8. The molecule has 0 atom stereocenters. The van der Waals surface area contributed by atoms with Crippen LogP contribution in [0.15, 0.2) is 66.7 Å². The van der Waals surface area contributed by atoms with Crippen molar-refractivity contribution in [1.82, 2.24) is 0 Å². The van der Waals surface area contributed by atoms with Crippen LogP contribution in [0, 0.1) is 10.1 Å². The highest BCUT2D eigenvalue weighted by Crippen LogP contribution is 2.29. The van der Waals surface area contributed by atoms with Gasteiger partial charge in [0.05, 0.1) is 10.5 Å². The number of carbonyl (C=O) groups is 3. The minimum Gasteiger partial charge on any atom is -0.372 e. The summed E-state index contributed by atoms with van der Waals surface area (Å²) in [6.07, 6.45) is 0. The van der Waals surface area contributed by atoms with Crippen LogP contribution in [-0.2, 0) is 0 Å². The molecule has 0 saturated heterocycles. The fourth-order valence-electron chi connectivity index (χ4n) is 3.24. The monoisotopic (exact) mass is 431 g/mol. The predicted molar refractivity (Wildman–Crippen MR) is 122 cm³/mol. The second-order valence-electron chi connectivity index (χ2n) is 7.32. The number of hydrogen-bond acceptors (Lipinski definition) is 6. The number of rotatable bonds is 7. The molecule has 32 heavy (non-hydrogen) atoms. The van der Waals surface area contributed by atoms with Crippen molar-refractivity contribution in [2.75, 3.05) is 24.3 Å². The van der Waals surface area contributed by atoms with Gasteiger partial charge in [-0.1, -0.05) is 30.3 Å². The lowest BCUT2D eigenvalue weighted by Gasteiger charge is -2.14. The van der Waals surface area contributed by atoms with E-state index in [1.807, 2.05) is 0 Å². The number of nitrogens with one attached hydrogen (secondary N) is 1. The Kier molecular flexibility index (Phi) is 6.44. The van der Waals surface area contributed by atoms with Gasteiger partial charge in [-0.15, -0.1) is 0 Å². The third-order valence-electron chi connectivity index (χ3n) is 4.86. The van der Waals surface area contributed by atoms with Crippen molar-refractivity contribution in [2.45, 2.75) is 6.92 Å². The molecule has 8 nitrogen and oxygen atoms in total. The average Bonchev–Trinajstić information content (AvgIpc) is 2.78. The van der Waals surface area contributed by atoms with Crippen molar-refractivity contribution in [2.24, 2.45) is 0 Å². The number of carbonyl (C=O) groups excluding carboxylic acids is 3. The number of ketones is 2. The highest BCUT2D eigenvalue weighted by molar-refractivity contribution is 6.18. The number of Topliss-reactive ketones (excluding diaryl/α,β-unsaturated/α-hetero) is 1. The standard InChI is InChI=1S/C24H21N3O5/c1-15(28)16-7-6-8-18(13-16)25-24(30)20-10-5-4-9-19(20)23(29)17-11-12-21(26(2)3)22(14-17)27(31)32/h4-14H,1-3H3,(H,25,30). The Morgan fingerprint density at radius 3 is 2.19 bits per heavy atom. The van der Waals surface area contributed by atoms with E-state index in [4.69, 9.17) is 0 Å². The molecular formula is C24H21N3O5. The summed E-state index contributed by atoms with van der Waals surface area (Å²) in [6, 6.07) is 16.9. The van der Waals surface area contributed by atoms with Crippen LogP contribution in [-0.4, -0.2) is 36.5 Å². The summed E-state index contributed by atoms with van der Waals surface area (Å²) in [5.74, 6) is -1.19. The summed E-state index contributed by atoms with van der Waals surface area (Å²) >= 11 is 0. The third-order valence-corrected chi connectivity index (χ3v) is 4.86. The lowest BCUT2D eigenvalue weighted by Crippen LogP contribution is -2.17. The molecule has 0 heterocycles. The summed E-state index contributed by atoms with van der Waals surface area (Å²) in [7, 11) is 3.34. The summed E-state index contributed by atoms with van der Waals surface area (Å²) in [5.41, 5.74) is 1.34. The molecule has 0 radical (unpaired) electrons. The van der Waals surface area contributed by atoms with Crippen molar-refractivity contribution < 1.29 is 19.3 Å². The van der Waals surface area contributed by atoms with Gasteiger partial charge in [0, 0.05) is 42.5 Å². The maximum Gasteiger partial charge on any atom is 0.293 e. The van der Waals surface area contributed by atoms with E-state index in [0.29, 0.717) is 16.9 Å². The molecule has 0 saturated carbocycles. The quantitative estimate of drug-likeness (QED) is 0.338. The molecular weight excluding hydrogens is 410 g/mol. The summed E-state index contributed by atoms with van der Waals surface area (Å²) in [5, 5.41) is 14.2. The minimum atomic E-state index is -0.549. The van der Waals surface area contributed by atoms with Gasteiger partial charge in [0.2, 0.25) is 0 Å². The maximum absolute atomic E-state index is 13.2. The molecule has 162 valence electrons. The average molecular weight is 431 g/mol. The van der Waals surface area contributed by atoms with Gasteiger partial charge in [-0.3, -0.25) is 24.5 Å². The van der Waals surface area contributed by atoms with Crippen LogP contribution in [0.5, 0.6) is 0 Å². The van der Waals surface area contributed by atoms with Crippen molar-refractivity contribution in [3.63, 3.8) is 0 Å². The Hall–Kier alpha value is -4.33. The number of nitro groups is 1. The van der Waals surface area contributed by atoms with Crippen molar-refractivity contribution in [3.05, 3.63) is 99.1 Å². The molecule has 0 aromatic heterocycles. The van der Waals surface area contributed by atoms with Crippen LogP contribution in [0.4, 0.5) is 17.1 Å². The molecule has 3 aromatic rings. The Balaban J connectivity index is 1.96. The second kappa shape index (κ2) is 9.22. The Morgan fingerprint density at radius 2 is 1.56 bits per heavy atom. The van der Waals surface area contributed by atoms with Crippen molar-refractivity contribution in [3.8, 4) is 0 Å². The molecule has 0 aliphatic heterocycles. The van der Waals surface area contributed by atoms with Crippen LogP contribution in [0.1, 0.15) is 43.6 Å². The van der Waals surface area contributed by atoms with Crippen LogP contribution in [0.2, 0.25) is 0 Å². The number of hydrogen-bond donors (Lipinski definition) is 1. The largest absolute Gasteiger partial charge is 0.372 e. The molecule has 8 heteroatoms. The molecule has 0 fully saturated rings. The van der Waals surface area contributed by atoms with Crippen LogP contribution in [0.25, 0.3) is 0 Å². The summed E-state index contributed by atoms with van der Waals surface area (Å²) in [4.78, 5) is 50.2. The lowest BCUT2D eigenvalue weighted by molar-refractivity contribution is -0.384. The highest BCUT2D eigenvalue weighted by atomic mass is 16.6. The Bertz CT molecular complexity index is 1230. The SMILES string of the molecule is CC(=O)c1cccc(NC(=O)c2ccccc2C(=O)c2ccc(N(C)C)c([N+](=O)[O-])c2)c1. The first kappa shape index (κ1) is 22.4. The molecule has 3 aromatic carbocycles.